The van der Waals surface area contributed by atoms with E-state index in [1.165, 1.54) is 77.0 Å². The molecule has 0 N–H and O–H groups in total. The van der Waals surface area contributed by atoms with E-state index in [0.717, 1.165) is 24.2 Å². The van der Waals surface area contributed by atoms with Crippen LogP contribution in [0.25, 0.3) is 0 Å². The minimum atomic E-state index is -0.0249. The van der Waals surface area contributed by atoms with Gasteiger partial charge in [-0.2, -0.15) is 0 Å². The minimum absolute atomic E-state index is 0.0249. The van der Waals surface area contributed by atoms with Crippen LogP contribution in [0.3, 0.4) is 0 Å². The Morgan fingerprint density at radius 3 is 0.862 bits per heavy atom. The summed E-state index contributed by atoms with van der Waals surface area (Å²) in [7, 11) is -0.0498. The molecule has 0 amide bonds. The molecule has 4 rings (SSSR count). The molecule has 0 aromatic rings. The van der Waals surface area contributed by atoms with Crippen LogP contribution in [0.4, 0.5) is 0 Å². The number of hydrogen-bond acceptors (Lipinski definition) is 2. The first-order chi connectivity index (χ1) is 14.4. The van der Waals surface area contributed by atoms with Crippen molar-refractivity contribution in [2.45, 2.75) is 158 Å². The standard InChI is InChI=1S/C25H50N2Si2/c1-5-13-22(14-6-1)26(23-15-7-2-8-16-23)28-21-29-27(24-17-9-3-10-18-24)25-19-11-4-12-20-25/h22-25H,1-21,28-29H2. The van der Waals surface area contributed by atoms with Gasteiger partial charge in [0.25, 0.3) is 0 Å². The lowest BCUT2D eigenvalue weighted by molar-refractivity contribution is 0.166. The van der Waals surface area contributed by atoms with Crippen molar-refractivity contribution in [2.75, 3.05) is 0 Å². The molecule has 0 atom stereocenters. The highest BCUT2D eigenvalue weighted by molar-refractivity contribution is 6.52. The lowest BCUT2D eigenvalue weighted by Crippen LogP contribution is -2.51. The highest BCUT2D eigenvalue weighted by Gasteiger charge is 2.31. The lowest BCUT2D eigenvalue weighted by atomic mass is 9.91. The zero-order valence-corrected chi connectivity index (χ0v) is 22.3. The molecule has 29 heavy (non-hydrogen) atoms. The van der Waals surface area contributed by atoms with E-state index >= 15 is 0 Å². The fraction of sp³-hybridized carbons (Fsp3) is 1.00. The monoisotopic (exact) mass is 434 g/mol. The van der Waals surface area contributed by atoms with Gasteiger partial charge < -0.3 is 9.13 Å². The van der Waals surface area contributed by atoms with Crippen LogP contribution in [0, 0.1) is 0 Å². The van der Waals surface area contributed by atoms with E-state index in [9.17, 15) is 0 Å². The summed E-state index contributed by atoms with van der Waals surface area (Å²) in [5.41, 5.74) is 1.71. The molecule has 168 valence electrons. The van der Waals surface area contributed by atoms with Gasteiger partial charge in [0.05, 0.1) is 19.4 Å². The van der Waals surface area contributed by atoms with E-state index in [1.54, 1.807) is 57.0 Å². The van der Waals surface area contributed by atoms with Gasteiger partial charge in [0, 0.05) is 24.2 Å². The molecule has 2 nitrogen and oxygen atoms in total. The van der Waals surface area contributed by atoms with E-state index in [-0.39, 0.29) is 19.4 Å². The molecular weight excluding hydrogens is 384 g/mol. The molecule has 0 aliphatic heterocycles. The van der Waals surface area contributed by atoms with E-state index in [2.05, 4.69) is 9.13 Å². The van der Waals surface area contributed by atoms with Gasteiger partial charge in [-0.3, -0.25) is 0 Å². The van der Waals surface area contributed by atoms with Crippen molar-refractivity contribution in [3.63, 3.8) is 0 Å². The summed E-state index contributed by atoms with van der Waals surface area (Å²) < 4.78 is 6.45. The van der Waals surface area contributed by atoms with Crippen molar-refractivity contribution in [1.82, 2.24) is 9.13 Å². The second-order valence-corrected chi connectivity index (χ2v) is 16.2. The molecule has 0 aromatic heterocycles. The van der Waals surface area contributed by atoms with Gasteiger partial charge in [0.15, 0.2) is 0 Å². The zero-order chi connectivity index (χ0) is 19.7. The Morgan fingerprint density at radius 2 is 0.621 bits per heavy atom. The summed E-state index contributed by atoms with van der Waals surface area (Å²) in [6.07, 6.45) is 30.6. The summed E-state index contributed by atoms with van der Waals surface area (Å²) in [4.78, 5) is 0. The van der Waals surface area contributed by atoms with Crippen molar-refractivity contribution in [3.8, 4) is 0 Å². The number of rotatable bonds is 8. The molecule has 4 aliphatic rings. The third-order valence-corrected chi connectivity index (χ3v) is 14.6. The van der Waals surface area contributed by atoms with Gasteiger partial charge in [-0.25, -0.2) is 0 Å². The van der Waals surface area contributed by atoms with Gasteiger partial charge in [-0.15, -0.1) is 0 Å². The third-order valence-electron chi connectivity index (χ3n) is 9.01. The first-order valence-electron chi connectivity index (χ1n) is 13.9. The second kappa shape index (κ2) is 12.4. The largest absolute Gasteiger partial charge is 0.324 e. The van der Waals surface area contributed by atoms with E-state index in [1.807, 2.05) is 0 Å². The zero-order valence-electron chi connectivity index (χ0n) is 19.5. The second-order valence-electron chi connectivity index (χ2n) is 11.0. The lowest BCUT2D eigenvalue weighted by Gasteiger charge is -2.44. The predicted octanol–water partition coefficient (Wildman–Crippen LogP) is 5.46. The summed E-state index contributed by atoms with van der Waals surface area (Å²) in [5.74, 6) is 0. The van der Waals surface area contributed by atoms with Crippen molar-refractivity contribution in [3.05, 3.63) is 0 Å². The molecule has 0 radical (unpaired) electrons. The average molecular weight is 435 g/mol. The molecule has 0 heterocycles. The summed E-state index contributed by atoms with van der Waals surface area (Å²) in [6.45, 7) is 0. The topological polar surface area (TPSA) is 6.48 Å². The van der Waals surface area contributed by atoms with Gasteiger partial charge in [-0.1, -0.05) is 77.0 Å². The summed E-state index contributed by atoms with van der Waals surface area (Å²) in [6, 6.07) is 4.02. The average Bonchev–Trinajstić information content (AvgIpc) is 2.81. The molecule has 4 aliphatic carbocycles. The highest BCUT2D eigenvalue weighted by atomic mass is 28.3. The van der Waals surface area contributed by atoms with Gasteiger partial charge in [-0.05, 0) is 57.0 Å². The van der Waals surface area contributed by atoms with Gasteiger partial charge >= 0.3 is 0 Å². The minimum Gasteiger partial charge on any atom is -0.324 e. The van der Waals surface area contributed by atoms with E-state index in [4.69, 9.17) is 0 Å². The molecule has 0 bridgehead atoms. The Balaban J connectivity index is 1.34. The van der Waals surface area contributed by atoms with Gasteiger partial charge in [0.2, 0.25) is 0 Å². The van der Waals surface area contributed by atoms with Crippen LogP contribution in [0.2, 0.25) is 5.67 Å². The summed E-state index contributed by atoms with van der Waals surface area (Å²) in [5, 5.41) is 0. The molecule has 0 aromatic carbocycles. The van der Waals surface area contributed by atoms with Crippen LogP contribution >= 0.6 is 0 Å². The van der Waals surface area contributed by atoms with Crippen LogP contribution in [-0.4, -0.2) is 52.7 Å². The predicted molar refractivity (Wildman–Crippen MR) is 133 cm³/mol. The van der Waals surface area contributed by atoms with Crippen molar-refractivity contribution >= 4 is 19.4 Å². The number of nitrogens with zero attached hydrogens (tertiary/aromatic N) is 2. The molecule has 0 unspecified atom stereocenters. The Kier molecular flexibility index (Phi) is 9.64. The SMILES string of the molecule is C1CCC(N([SiH2]C[SiH2]N(C2CCCCC2)C2CCCCC2)C2CCCCC2)CC1. The molecule has 0 spiro atoms. The number of hydrogen-bond donors (Lipinski definition) is 0. The van der Waals surface area contributed by atoms with E-state index in [0.29, 0.717) is 0 Å². The maximum Gasteiger partial charge on any atom is 0.0938 e. The quantitative estimate of drug-likeness (QED) is 0.468. The van der Waals surface area contributed by atoms with E-state index < -0.39 is 0 Å². The Labute approximate surface area is 186 Å². The first kappa shape index (κ1) is 22.5. The van der Waals surface area contributed by atoms with Crippen LogP contribution in [0.15, 0.2) is 0 Å². The molecule has 0 saturated heterocycles. The fourth-order valence-corrected chi connectivity index (χ4v) is 13.8. The first-order valence-corrected chi connectivity index (χ1v) is 17.2. The third kappa shape index (κ3) is 6.67. The molecule has 4 saturated carbocycles. The smallest absolute Gasteiger partial charge is 0.0938 e. The van der Waals surface area contributed by atoms with Gasteiger partial charge in [0.1, 0.15) is 0 Å². The van der Waals surface area contributed by atoms with Crippen LogP contribution in [0.1, 0.15) is 128 Å². The Hall–Kier alpha value is 0.354. The normalized spacial score (nSPS) is 27.9. The Bertz CT molecular complexity index is 360. The maximum atomic E-state index is 3.23. The van der Waals surface area contributed by atoms with Crippen molar-refractivity contribution < 1.29 is 0 Å². The van der Waals surface area contributed by atoms with Crippen LogP contribution < -0.4 is 0 Å². The summed E-state index contributed by atoms with van der Waals surface area (Å²) >= 11 is 0. The van der Waals surface area contributed by atoms with Crippen LogP contribution in [0.5, 0.6) is 0 Å². The molecular formula is C25H50N2Si2. The highest BCUT2D eigenvalue weighted by Crippen LogP contribution is 2.32. The van der Waals surface area contributed by atoms with Crippen molar-refractivity contribution in [1.29, 1.82) is 0 Å². The van der Waals surface area contributed by atoms with Crippen LogP contribution in [-0.2, 0) is 0 Å². The fourth-order valence-electron chi connectivity index (χ4n) is 7.41. The molecule has 4 heteroatoms. The maximum absolute atomic E-state index is 3.23. The molecule has 4 fully saturated rings. The Morgan fingerprint density at radius 1 is 0.379 bits per heavy atom. The van der Waals surface area contributed by atoms with Crippen molar-refractivity contribution in [2.24, 2.45) is 0 Å².